The molecule has 1 amide bonds. The summed E-state index contributed by atoms with van der Waals surface area (Å²) in [5.74, 6) is 2.05. The lowest BCUT2D eigenvalue weighted by Crippen LogP contribution is -2.50. The molecule has 0 aromatic carbocycles. The Labute approximate surface area is 145 Å². The number of carbonyl (C=O) groups is 1. The highest BCUT2D eigenvalue weighted by Crippen LogP contribution is 2.23. The molecule has 0 unspecified atom stereocenters. The van der Waals surface area contributed by atoms with Crippen molar-refractivity contribution < 1.29 is 4.79 Å². The number of likely N-dealkylation sites (tertiary alicyclic amines) is 2. The van der Waals surface area contributed by atoms with Crippen molar-refractivity contribution in [1.29, 1.82) is 0 Å². The lowest BCUT2D eigenvalue weighted by molar-refractivity contribution is -0.138. The van der Waals surface area contributed by atoms with Gasteiger partial charge in [0.1, 0.15) is 11.6 Å². The van der Waals surface area contributed by atoms with E-state index in [-0.39, 0.29) is 18.0 Å². The summed E-state index contributed by atoms with van der Waals surface area (Å²) < 4.78 is 2.02. The lowest BCUT2D eigenvalue weighted by atomic mass is 10.0. The first-order valence-electron chi connectivity index (χ1n) is 9.49. The van der Waals surface area contributed by atoms with Gasteiger partial charge in [-0.15, -0.1) is 0 Å². The predicted molar refractivity (Wildman–Crippen MR) is 93.9 cm³/mol. The average molecular weight is 333 g/mol. The second-order valence-electron chi connectivity index (χ2n) is 7.36. The van der Waals surface area contributed by atoms with E-state index < -0.39 is 0 Å². The average Bonchev–Trinajstić information content (AvgIpc) is 2.80. The first kappa shape index (κ1) is 17.4. The molecule has 24 heavy (non-hydrogen) atoms. The highest BCUT2D eigenvalue weighted by molar-refractivity contribution is 5.81. The van der Waals surface area contributed by atoms with Crippen LogP contribution in [0.15, 0.2) is 0 Å². The zero-order chi connectivity index (χ0) is 17.1. The number of nitrogens with zero attached hydrogens (tertiary/aromatic N) is 5. The third kappa shape index (κ3) is 3.79. The van der Waals surface area contributed by atoms with E-state index in [0.29, 0.717) is 0 Å². The standard InChI is InChI=1S/C18H31N5O/c1-14(21-10-6-4-5-7-11-21)18(24)22-12-8-9-17(13-22)23-16(3)19-15(2)20-23/h14,17H,4-13H2,1-3H3/t14-,17-/m1/s1. The molecule has 2 saturated heterocycles. The molecule has 0 aliphatic carbocycles. The van der Waals surface area contributed by atoms with Crippen LogP contribution in [-0.2, 0) is 4.79 Å². The van der Waals surface area contributed by atoms with Crippen LogP contribution >= 0.6 is 0 Å². The Morgan fingerprint density at radius 3 is 2.42 bits per heavy atom. The molecule has 1 aromatic rings. The molecule has 6 heteroatoms. The first-order valence-corrected chi connectivity index (χ1v) is 9.49. The molecule has 134 valence electrons. The third-order valence-electron chi connectivity index (χ3n) is 5.51. The van der Waals surface area contributed by atoms with Crippen LogP contribution in [0.2, 0.25) is 0 Å². The van der Waals surface area contributed by atoms with Crippen molar-refractivity contribution in [1.82, 2.24) is 24.6 Å². The van der Waals surface area contributed by atoms with Gasteiger partial charge < -0.3 is 4.90 Å². The summed E-state index contributed by atoms with van der Waals surface area (Å²) >= 11 is 0. The van der Waals surface area contributed by atoms with Gasteiger partial charge in [-0.1, -0.05) is 12.8 Å². The van der Waals surface area contributed by atoms with Gasteiger partial charge in [-0.2, -0.15) is 5.10 Å². The summed E-state index contributed by atoms with van der Waals surface area (Å²) in [5, 5.41) is 4.53. The van der Waals surface area contributed by atoms with Crippen molar-refractivity contribution in [3.05, 3.63) is 11.6 Å². The quantitative estimate of drug-likeness (QED) is 0.852. The van der Waals surface area contributed by atoms with Crippen molar-refractivity contribution >= 4 is 5.91 Å². The SMILES string of the molecule is Cc1nc(C)n([C@@H]2CCCN(C(=O)[C@@H](C)N3CCCCCC3)C2)n1. The maximum absolute atomic E-state index is 13.0. The smallest absolute Gasteiger partial charge is 0.239 e. The van der Waals surface area contributed by atoms with Crippen molar-refractivity contribution in [3.63, 3.8) is 0 Å². The van der Waals surface area contributed by atoms with Crippen LogP contribution in [0.25, 0.3) is 0 Å². The van der Waals surface area contributed by atoms with E-state index in [1.54, 1.807) is 0 Å². The molecule has 0 spiro atoms. The second kappa shape index (κ2) is 7.64. The number of hydrogen-bond acceptors (Lipinski definition) is 4. The Morgan fingerprint density at radius 1 is 1.08 bits per heavy atom. The Morgan fingerprint density at radius 2 is 1.79 bits per heavy atom. The van der Waals surface area contributed by atoms with E-state index in [2.05, 4.69) is 26.8 Å². The fraction of sp³-hybridized carbons (Fsp3) is 0.833. The van der Waals surface area contributed by atoms with Crippen LogP contribution < -0.4 is 0 Å². The number of rotatable bonds is 3. The molecular formula is C18H31N5O. The van der Waals surface area contributed by atoms with Crippen molar-refractivity contribution in [2.24, 2.45) is 0 Å². The summed E-state index contributed by atoms with van der Waals surface area (Å²) in [6, 6.07) is 0.265. The fourth-order valence-corrected chi connectivity index (χ4v) is 4.14. The van der Waals surface area contributed by atoms with E-state index in [9.17, 15) is 4.79 Å². The van der Waals surface area contributed by atoms with E-state index in [1.165, 1.54) is 25.7 Å². The number of amides is 1. The zero-order valence-corrected chi connectivity index (χ0v) is 15.4. The summed E-state index contributed by atoms with van der Waals surface area (Å²) in [4.78, 5) is 21.9. The van der Waals surface area contributed by atoms with Crippen LogP contribution in [0.4, 0.5) is 0 Å². The molecule has 2 fully saturated rings. The highest BCUT2D eigenvalue weighted by atomic mass is 16.2. The van der Waals surface area contributed by atoms with Gasteiger partial charge in [-0.25, -0.2) is 9.67 Å². The van der Waals surface area contributed by atoms with E-state index in [4.69, 9.17) is 0 Å². The van der Waals surface area contributed by atoms with Crippen molar-refractivity contribution in [2.75, 3.05) is 26.2 Å². The Balaban J connectivity index is 1.65. The van der Waals surface area contributed by atoms with E-state index in [0.717, 1.165) is 50.7 Å². The van der Waals surface area contributed by atoms with Crippen LogP contribution in [-0.4, -0.2) is 62.7 Å². The van der Waals surface area contributed by atoms with E-state index in [1.807, 2.05) is 18.5 Å². The number of carbonyl (C=O) groups excluding carboxylic acids is 1. The summed E-state index contributed by atoms with van der Waals surface area (Å²) in [6.45, 7) is 9.78. The minimum Gasteiger partial charge on any atom is -0.339 e. The molecule has 3 rings (SSSR count). The second-order valence-corrected chi connectivity index (χ2v) is 7.36. The molecule has 3 heterocycles. The fourth-order valence-electron chi connectivity index (χ4n) is 4.14. The molecule has 2 aliphatic rings. The monoisotopic (exact) mass is 333 g/mol. The van der Waals surface area contributed by atoms with Gasteiger partial charge >= 0.3 is 0 Å². The van der Waals surface area contributed by atoms with Gasteiger partial charge in [0, 0.05) is 13.1 Å². The minimum absolute atomic E-state index is 0.000398. The molecule has 1 aromatic heterocycles. The van der Waals surface area contributed by atoms with Gasteiger partial charge in [0.05, 0.1) is 12.1 Å². The lowest BCUT2D eigenvalue weighted by Gasteiger charge is -2.37. The molecule has 2 aliphatic heterocycles. The maximum Gasteiger partial charge on any atom is 0.239 e. The Kier molecular flexibility index (Phi) is 5.54. The van der Waals surface area contributed by atoms with Gasteiger partial charge in [0.15, 0.2) is 0 Å². The number of piperidine rings is 1. The Bertz CT molecular complexity index is 562. The molecule has 0 saturated carbocycles. The summed E-state index contributed by atoms with van der Waals surface area (Å²) in [7, 11) is 0. The minimum atomic E-state index is 0.000398. The first-order chi connectivity index (χ1) is 11.6. The largest absolute Gasteiger partial charge is 0.339 e. The molecule has 6 nitrogen and oxygen atoms in total. The van der Waals surface area contributed by atoms with Gasteiger partial charge in [-0.05, 0) is 59.5 Å². The highest BCUT2D eigenvalue weighted by Gasteiger charge is 2.31. The zero-order valence-electron chi connectivity index (χ0n) is 15.4. The molecule has 0 radical (unpaired) electrons. The molecule has 0 bridgehead atoms. The van der Waals surface area contributed by atoms with Crippen molar-refractivity contribution in [2.45, 2.75) is 71.4 Å². The van der Waals surface area contributed by atoms with Crippen LogP contribution in [0.1, 0.15) is 63.1 Å². The topological polar surface area (TPSA) is 54.3 Å². The van der Waals surface area contributed by atoms with E-state index >= 15 is 0 Å². The Hall–Kier alpha value is -1.43. The molecule has 0 N–H and O–H groups in total. The van der Waals surface area contributed by atoms with Crippen LogP contribution in [0.5, 0.6) is 0 Å². The normalized spacial score (nSPS) is 24.6. The van der Waals surface area contributed by atoms with Gasteiger partial charge in [0.25, 0.3) is 0 Å². The number of aromatic nitrogens is 3. The summed E-state index contributed by atoms with van der Waals surface area (Å²) in [5.41, 5.74) is 0. The van der Waals surface area contributed by atoms with Crippen LogP contribution in [0.3, 0.4) is 0 Å². The number of hydrogen-bond donors (Lipinski definition) is 0. The predicted octanol–water partition coefficient (Wildman–Crippen LogP) is 2.32. The molecule has 2 atom stereocenters. The third-order valence-corrected chi connectivity index (χ3v) is 5.51. The summed E-state index contributed by atoms with van der Waals surface area (Å²) in [6.07, 6.45) is 7.16. The van der Waals surface area contributed by atoms with Crippen LogP contribution in [0, 0.1) is 13.8 Å². The molecular weight excluding hydrogens is 302 g/mol. The maximum atomic E-state index is 13.0. The number of aryl methyl sites for hydroxylation is 2. The van der Waals surface area contributed by atoms with Gasteiger partial charge in [0.2, 0.25) is 5.91 Å². The van der Waals surface area contributed by atoms with Gasteiger partial charge in [-0.3, -0.25) is 9.69 Å². The van der Waals surface area contributed by atoms with Crippen molar-refractivity contribution in [3.8, 4) is 0 Å².